The number of halogens is 2. The summed E-state index contributed by atoms with van der Waals surface area (Å²) in [5.74, 6) is 0.318. The lowest BCUT2D eigenvalue weighted by Gasteiger charge is -2.34. The molecule has 0 unspecified atom stereocenters. The maximum Gasteiger partial charge on any atom is 0.243 e. The Balaban J connectivity index is 1.46. The summed E-state index contributed by atoms with van der Waals surface area (Å²) in [5.41, 5.74) is 2.12. The summed E-state index contributed by atoms with van der Waals surface area (Å²) < 4.78 is 33.6. The molecule has 6 nitrogen and oxygen atoms in total. The molecule has 0 aromatic heterocycles. The summed E-state index contributed by atoms with van der Waals surface area (Å²) >= 11 is 9.61. The van der Waals surface area contributed by atoms with Crippen LogP contribution in [0.15, 0.2) is 45.8 Å². The first-order chi connectivity index (χ1) is 14.7. The van der Waals surface area contributed by atoms with Gasteiger partial charge in [-0.1, -0.05) is 27.5 Å². The number of benzene rings is 2. The van der Waals surface area contributed by atoms with E-state index in [2.05, 4.69) is 28.9 Å². The van der Waals surface area contributed by atoms with Crippen LogP contribution in [0.25, 0.3) is 0 Å². The lowest BCUT2D eigenvalue weighted by Crippen LogP contribution is -2.46. The zero-order chi connectivity index (χ0) is 22.3. The first-order valence-electron chi connectivity index (χ1n) is 10.2. The predicted octanol–water partition coefficient (Wildman–Crippen LogP) is 4.49. The van der Waals surface area contributed by atoms with E-state index in [9.17, 15) is 13.2 Å². The molecule has 2 aromatic carbocycles. The molecule has 2 aliphatic heterocycles. The van der Waals surface area contributed by atoms with Crippen LogP contribution in [-0.2, 0) is 21.2 Å². The standard InChI is InChI=1S/C22H24BrClN2O4S/c1-14-11-16-12-17(23)3-5-20(16)26(14)22(27)15-7-9-25(10-8-15)31(28,29)18-4-6-21(30-2)19(24)13-18/h3-6,12-15H,7-11H2,1-2H3/t14-/m1/s1. The van der Waals surface area contributed by atoms with Crippen molar-refractivity contribution in [3.05, 3.63) is 51.5 Å². The molecule has 1 saturated heterocycles. The van der Waals surface area contributed by atoms with Gasteiger partial charge in [0.2, 0.25) is 15.9 Å². The van der Waals surface area contributed by atoms with Gasteiger partial charge in [-0.2, -0.15) is 4.31 Å². The van der Waals surface area contributed by atoms with Crippen molar-refractivity contribution in [1.29, 1.82) is 0 Å². The molecule has 1 amide bonds. The molecule has 166 valence electrons. The van der Waals surface area contributed by atoms with Crippen LogP contribution in [0.1, 0.15) is 25.3 Å². The molecule has 9 heteroatoms. The molecule has 0 spiro atoms. The van der Waals surface area contributed by atoms with E-state index < -0.39 is 10.0 Å². The molecule has 0 aliphatic carbocycles. The SMILES string of the molecule is COc1ccc(S(=O)(=O)N2CCC(C(=O)N3c4ccc(Br)cc4C[C@H]3C)CC2)cc1Cl. The van der Waals surface area contributed by atoms with Crippen LogP contribution in [0.5, 0.6) is 5.75 Å². The van der Waals surface area contributed by atoms with Gasteiger partial charge < -0.3 is 9.64 Å². The van der Waals surface area contributed by atoms with Gasteiger partial charge in [-0.25, -0.2) is 8.42 Å². The largest absolute Gasteiger partial charge is 0.495 e. The van der Waals surface area contributed by atoms with Crippen LogP contribution >= 0.6 is 27.5 Å². The van der Waals surface area contributed by atoms with Gasteiger partial charge in [-0.05, 0) is 68.1 Å². The minimum Gasteiger partial charge on any atom is -0.495 e. The number of nitrogens with zero attached hydrogens (tertiary/aromatic N) is 2. The Labute approximate surface area is 196 Å². The molecule has 0 bridgehead atoms. The number of fused-ring (bicyclic) bond motifs is 1. The van der Waals surface area contributed by atoms with Crippen molar-refractivity contribution in [2.75, 3.05) is 25.1 Å². The van der Waals surface area contributed by atoms with Gasteiger partial charge >= 0.3 is 0 Å². The van der Waals surface area contributed by atoms with Crippen molar-refractivity contribution >= 4 is 49.1 Å². The lowest BCUT2D eigenvalue weighted by atomic mass is 9.96. The van der Waals surface area contributed by atoms with E-state index in [1.54, 1.807) is 6.07 Å². The van der Waals surface area contributed by atoms with E-state index in [0.29, 0.717) is 31.7 Å². The van der Waals surface area contributed by atoms with Gasteiger partial charge in [-0.15, -0.1) is 0 Å². The third kappa shape index (κ3) is 4.23. The number of hydrogen-bond donors (Lipinski definition) is 0. The molecule has 0 radical (unpaired) electrons. The fourth-order valence-corrected chi connectivity index (χ4v) is 6.66. The molecular formula is C22H24BrClN2O4S. The van der Waals surface area contributed by atoms with Crippen LogP contribution < -0.4 is 9.64 Å². The second-order valence-corrected chi connectivity index (χ2v) is 11.3. The average Bonchev–Trinajstić information content (AvgIpc) is 3.07. The van der Waals surface area contributed by atoms with Crippen molar-refractivity contribution in [3.63, 3.8) is 0 Å². The Kier molecular flexibility index (Phi) is 6.36. The van der Waals surface area contributed by atoms with E-state index >= 15 is 0 Å². The summed E-state index contributed by atoms with van der Waals surface area (Å²) in [7, 11) is -2.20. The highest BCUT2D eigenvalue weighted by atomic mass is 79.9. The minimum absolute atomic E-state index is 0.0816. The fraction of sp³-hybridized carbons (Fsp3) is 0.409. The number of anilines is 1. The second kappa shape index (κ2) is 8.73. The number of amides is 1. The molecule has 1 atom stereocenters. The van der Waals surface area contributed by atoms with Crippen molar-refractivity contribution in [3.8, 4) is 5.75 Å². The van der Waals surface area contributed by atoms with Crippen LogP contribution in [-0.4, -0.2) is 44.9 Å². The third-order valence-corrected chi connectivity index (χ3v) is 8.74. The normalized spacial score (nSPS) is 20.0. The zero-order valence-electron chi connectivity index (χ0n) is 17.3. The van der Waals surface area contributed by atoms with Crippen LogP contribution in [0.3, 0.4) is 0 Å². The third-order valence-electron chi connectivity index (χ3n) is 6.06. The zero-order valence-corrected chi connectivity index (χ0v) is 20.5. The number of carbonyl (C=O) groups excluding carboxylic acids is 1. The van der Waals surface area contributed by atoms with Gasteiger partial charge in [0.15, 0.2) is 0 Å². The summed E-state index contributed by atoms with van der Waals surface area (Å²) in [6.45, 7) is 2.66. The molecule has 2 aromatic rings. The van der Waals surface area contributed by atoms with Gasteiger partial charge in [0.25, 0.3) is 0 Å². The van der Waals surface area contributed by atoms with E-state index in [0.717, 1.165) is 22.1 Å². The van der Waals surface area contributed by atoms with Gasteiger partial charge in [0.05, 0.1) is 17.0 Å². The molecule has 0 saturated carbocycles. The number of carbonyl (C=O) groups is 1. The Morgan fingerprint density at radius 3 is 2.52 bits per heavy atom. The Morgan fingerprint density at radius 2 is 1.87 bits per heavy atom. The average molecular weight is 528 g/mol. The van der Waals surface area contributed by atoms with Gasteiger partial charge in [0.1, 0.15) is 5.75 Å². The quantitative estimate of drug-likeness (QED) is 0.588. The molecule has 2 heterocycles. The van der Waals surface area contributed by atoms with Gasteiger partial charge in [-0.3, -0.25) is 4.79 Å². The minimum atomic E-state index is -3.68. The van der Waals surface area contributed by atoms with E-state index in [4.69, 9.17) is 16.3 Å². The summed E-state index contributed by atoms with van der Waals surface area (Å²) in [5, 5.41) is 0.252. The van der Waals surface area contributed by atoms with Crippen molar-refractivity contribution < 1.29 is 17.9 Å². The molecule has 1 fully saturated rings. The van der Waals surface area contributed by atoms with E-state index in [-0.39, 0.29) is 27.8 Å². The fourth-order valence-electron chi connectivity index (χ4n) is 4.43. The Bertz CT molecular complexity index is 1120. The van der Waals surface area contributed by atoms with E-state index in [1.807, 2.05) is 17.0 Å². The highest BCUT2D eigenvalue weighted by Crippen LogP contribution is 2.37. The summed E-state index contributed by atoms with van der Waals surface area (Å²) in [4.78, 5) is 15.3. The van der Waals surface area contributed by atoms with Crippen LogP contribution in [0.2, 0.25) is 5.02 Å². The number of piperidine rings is 1. The van der Waals surface area contributed by atoms with Crippen molar-refractivity contribution in [2.24, 2.45) is 5.92 Å². The Morgan fingerprint density at radius 1 is 1.16 bits per heavy atom. The number of sulfonamides is 1. The smallest absolute Gasteiger partial charge is 0.243 e. The number of ether oxygens (including phenoxy) is 1. The van der Waals surface area contributed by atoms with Crippen LogP contribution in [0.4, 0.5) is 5.69 Å². The maximum atomic E-state index is 13.3. The first-order valence-corrected chi connectivity index (χ1v) is 12.8. The second-order valence-electron chi connectivity index (χ2n) is 8.01. The summed E-state index contributed by atoms with van der Waals surface area (Å²) in [6, 6.07) is 10.6. The first kappa shape index (κ1) is 22.6. The number of rotatable bonds is 4. The topological polar surface area (TPSA) is 66.9 Å². The monoisotopic (exact) mass is 526 g/mol. The van der Waals surface area contributed by atoms with Crippen molar-refractivity contribution in [2.45, 2.75) is 37.1 Å². The highest BCUT2D eigenvalue weighted by Gasteiger charge is 2.38. The highest BCUT2D eigenvalue weighted by molar-refractivity contribution is 9.10. The lowest BCUT2D eigenvalue weighted by molar-refractivity contribution is -0.123. The Hall–Kier alpha value is -1.61. The molecule has 0 N–H and O–H groups in total. The van der Waals surface area contributed by atoms with Crippen LogP contribution in [0, 0.1) is 5.92 Å². The maximum absolute atomic E-state index is 13.3. The molecular weight excluding hydrogens is 504 g/mol. The molecule has 2 aliphatic rings. The predicted molar refractivity (Wildman–Crippen MR) is 124 cm³/mol. The summed E-state index contributed by atoms with van der Waals surface area (Å²) in [6.07, 6.45) is 1.82. The van der Waals surface area contributed by atoms with Gasteiger partial charge in [0, 0.05) is 35.2 Å². The van der Waals surface area contributed by atoms with E-state index in [1.165, 1.54) is 23.5 Å². The number of hydrogen-bond acceptors (Lipinski definition) is 4. The molecule has 4 rings (SSSR count). The number of methoxy groups -OCH3 is 1. The van der Waals surface area contributed by atoms with Crippen molar-refractivity contribution in [1.82, 2.24) is 4.31 Å². The molecule has 31 heavy (non-hydrogen) atoms.